The van der Waals surface area contributed by atoms with Crippen LogP contribution in [0.15, 0.2) is 42.5 Å². The second-order valence-corrected chi connectivity index (χ2v) is 5.19. The van der Waals surface area contributed by atoms with E-state index in [0.29, 0.717) is 22.8 Å². The van der Waals surface area contributed by atoms with Gasteiger partial charge in [-0.05, 0) is 29.8 Å². The van der Waals surface area contributed by atoms with Crippen molar-refractivity contribution in [2.75, 3.05) is 14.2 Å². The Morgan fingerprint density at radius 1 is 1.00 bits per heavy atom. The first kappa shape index (κ1) is 15.3. The van der Waals surface area contributed by atoms with Gasteiger partial charge in [0, 0.05) is 22.9 Å². The minimum atomic E-state index is -2.41. The van der Waals surface area contributed by atoms with Crippen LogP contribution in [0.4, 0.5) is 8.78 Å². The number of ether oxygens (including phenoxy) is 2. The molecule has 3 nitrogen and oxygen atoms in total. The van der Waals surface area contributed by atoms with Gasteiger partial charge in [0.25, 0.3) is 0 Å². The summed E-state index contributed by atoms with van der Waals surface area (Å²) in [5.41, 5.74) is 2.93. The van der Waals surface area contributed by atoms with Crippen molar-refractivity contribution in [3.8, 4) is 22.8 Å². The van der Waals surface area contributed by atoms with E-state index in [2.05, 4.69) is 4.98 Å². The highest BCUT2D eigenvalue weighted by Gasteiger charge is 2.18. The molecule has 0 bridgehead atoms. The molecule has 1 N–H and O–H groups in total. The Balaban J connectivity index is 2.19. The number of fused-ring (bicyclic) bond motifs is 1. The number of aromatic nitrogens is 1. The third-order valence-corrected chi connectivity index (χ3v) is 3.84. The van der Waals surface area contributed by atoms with Crippen LogP contribution < -0.4 is 9.47 Å². The average molecular weight is 317 g/mol. The molecule has 3 aromatic rings. The van der Waals surface area contributed by atoms with Crippen LogP contribution in [0, 0.1) is 0 Å². The van der Waals surface area contributed by atoms with Gasteiger partial charge in [-0.3, -0.25) is 0 Å². The number of rotatable bonds is 5. The highest BCUT2D eigenvalue weighted by Crippen LogP contribution is 2.36. The molecule has 0 amide bonds. The van der Waals surface area contributed by atoms with E-state index in [9.17, 15) is 8.78 Å². The highest BCUT2D eigenvalue weighted by molar-refractivity contribution is 5.91. The molecule has 0 unspecified atom stereocenters. The first-order valence-corrected chi connectivity index (χ1v) is 7.24. The molecule has 2 aromatic carbocycles. The molecular formula is C18H17F2NO2. The fourth-order valence-electron chi connectivity index (χ4n) is 2.80. The number of alkyl halides is 2. The zero-order chi connectivity index (χ0) is 16.4. The molecule has 3 rings (SSSR count). The Labute approximate surface area is 132 Å². The van der Waals surface area contributed by atoms with Crippen LogP contribution in [0.1, 0.15) is 5.56 Å². The number of halogens is 2. The predicted octanol–water partition coefficient (Wildman–Crippen LogP) is 4.66. The van der Waals surface area contributed by atoms with E-state index >= 15 is 0 Å². The number of aromatic amines is 1. The molecule has 0 fully saturated rings. The van der Waals surface area contributed by atoms with Crippen molar-refractivity contribution < 1.29 is 18.3 Å². The lowest BCUT2D eigenvalue weighted by atomic mass is 10.0. The van der Waals surface area contributed by atoms with E-state index < -0.39 is 6.43 Å². The number of nitrogens with one attached hydrogen (secondary N) is 1. The van der Waals surface area contributed by atoms with Crippen LogP contribution in [-0.2, 0) is 6.42 Å². The number of hydrogen-bond donors (Lipinski definition) is 1. The van der Waals surface area contributed by atoms with Crippen molar-refractivity contribution in [2.24, 2.45) is 0 Å². The van der Waals surface area contributed by atoms with Crippen molar-refractivity contribution in [1.82, 2.24) is 4.98 Å². The normalized spacial score (nSPS) is 11.2. The monoisotopic (exact) mass is 317 g/mol. The lowest BCUT2D eigenvalue weighted by Crippen LogP contribution is -1.98. The SMILES string of the molecule is COc1ccc(-c2[nH]c3ccccc3c2CC(F)F)cc1OC. The maximum absolute atomic E-state index is 13.0. The van der Waals surface area contributed by atoms with Crippen molar-refractivity contribution >= 4 is 10.9 Å². The summed E-state index contributed by atoms with van der Waals surface area (Å²) in [6.45, 7) is 0. The number of hydrogen-bond acceptors (Lipinski definition) is 2. The summed E-state index contributed by atoms with van der Waals surface area (Å²) in [5, 5.41) is 0.817. The molecule has 0 aliphatic rings. The minimum Gasteiger partial charge on any atom is -0.493 e. The number of para-hydroxylation sites is 1. The van der Waals surface area contributed by atoms with Gasteiger partial charge in [-0.1, -0.05) is 18.2 Å². The third kappa shape index (κ3) is 2.86. The molecule has 0 atom stereocenters. The van der Waals surface area contributed by atoms with Crippen LogP contribution in [0.2, 0.25) is 0 Å². The molecule has 0 radical (unpaired) electrons. The number of benzene rings is 2. The number of methoxy groups -OCH3 is 2. The summed E-state index contributed by atoms with van der Waals surface area (Å²) in [5.74, 6) is 1.16. The highest BCUT2D eigenvalue weighted by atomic mass is 19.3. The quantitative estimate of drug-likeness (QED) is 0.742. The zero-order valence-electron chi connectivity index (χ0n) is 12.9. The second kappa shape index (κ2) is 6.28. The lowest BCUT2D eigenvalue weighted by Gasteiger charge is -2.10. The van der Waals surface area contributed by atoms with Gasteiger partial charge in [-0.2, -0.15) is 0 Å². The molecular weight excluding hydrogens is 300 g/mol. The number of H-pyrrole nitrogens is 1. The van der Waals surface area contributed by atoms with E-state index in [1.54, 1.807) is 26.4 Å². The summed E-state index contributed by atoms with van der Waals surface area (Å²) in [4.78, 5) is 3.24. The molecule has 120 valence electrons. The van der Waals surface area contributed by atoms with E-state index in [1.807, 2.05) is 30.3 Å². The third-order valence-electron chi connectivity index (χ3n) is 3.84. The van der Waals surface area contributed by atoms with Gasteiger partial charge in [0.15, 0.2) is 11.5 Å². The molecule has 5 heteroatoms. The molecule has 1 aromatic heterocycles. The first-order chi connectivity index (χ1) is 11.1. The fourth-order valence-corrected chi connectivity index (χ4v) is 2.80. The van der Waals surface area contributed by atoms with Gasteiger partial charge in [0.1, 0.15) is 0 Å². The summed E-state index contributed by atoms with van der Waals surface area (Å²) in [6, 6.07) is 12.9. The Kier molecular flexibility index (Phi) is 4.19. The maximum Gasteiger partial charge on any atom is 0.242 e. The second-order valence-electron chi connectivity index (χ2n) is 5.19. The maximum atomic E-state index is 13.0. The molecule has 0 spiro atoms. The zero-order valence-corrected chi connectivity index (χ0v) is 12.9. The summed E-state index contributed by atoms with van der Waals surface area (Å²) in [6.07, 6.45) is -2.71. The molecule has 0 saturated carbocycles. The van der Waals surface area contributed by atoms with Gasteiger partial charge in [0.2, 0.25) is 6.43 Å². The van der Waals surface area contributed by atoms with Crippen molar-refractivity contribution in [3.63, 3.8) is 0 Å². The van der Waals surface area contributed by atoms with E-state index in [1.165, 1.54) is 0 Å². The standard InChI is InChI=1S/C18H17F2NO2/c1-22-15-8-7-11(9-16(15)23-2)18-13(10-17(19)20)12-5-3-4-6-14(12)21-18/h3-9,17,21H,10H2,1-2H3. The van der Waals surface area contributed by atoms with Crippen molar-refractivity contribution in [2.45, 2.75) is 12.8 Å². The Morgan fingerprint density at radius 3 is 2.43 bits per heavy atom. The Bertz CT molecular complexity index is 827. The topological polar surface area (TPSA) is 34.2 Å². The lowest BCUT2D eigenvalue weighted by molar-refractivity contribution is 0.149. The smallest absolute Gasteiger partial charge is 0.242 e. The average Bonchev–Trinajstić information content (AvgIpc) is 2.92. The van der Waals surface area contributed by atoms with Crippen LogP contribution >= 0.6 is 0 Å². The van der Waals surface area contributed by atoms with Crippen molar-refractivity contribution in [3.05, 3.63) is 48.0 Å². The minimum absolute atomic E-state index is 0.298. The van der Waals surface area contributed by atoms with E-state index in [-0.39, 0.29) is 6.42 Å². The van der Waals surface area contributed by atoms with Gasteiger partial charge in [-0.25, -0.2) is 8.78 Å². The van der Waals surface area contributed by atoms with Gasteiger partial charge < -0.3 is 14.5 Å². The fraction of sp³-hybridized carbons (Fsp3) is 0.222. The van der Waals surface area contributed by atoms with Gasteiger partial charge in [-0.15, -0.1) is 0 Å². The molecule has 0 aliphatic heterocycles. The summed E-state index contributed by atoms with van der Waals surface area (Å²) >= 11 is 0. The van der Waals surface area contributed by atoms with E-state index in [4.69, 9.17) is 9.47 Å². The van der Waals surface area contributed by atoms with Crippen LogP contribution in [-0.4, -0.2) is 25.6 Å². The van der Waals surface area contributed by atoms with Crippen LogP contribution in [0.25, 0.3) is 22.2 Å². The van der Waals surface area contributed by atoms with Crippen molar-refractivity contribution in [1.29, 1.82) is 0 Å². The molecule has 23 heavy (non-hydrogen) atoms. The first-order valence-electron chi connectivity index (χ1n) is 7.24. The van der Waals surface area contributed by atoms with Crippen LogP contribution in [0.3, 0.4) is 0 Å². The van der Waals surface area contributed by atoms with Gasteiger partial charge >= 0.3 is 0 Å². The molecule has 1 heterocycles. The Hall–Kier alpha value is -2.56. The summed E-state index contributed by atoms with van der Waals surface area (Å²) in [7, 11) is 3.11. The predicted molar refractivity (Wildman–Crippen MR) is 86.5 cm³/mol. The van der Waals surface area contributed by atoms with Crippen LogP contribution in [0.5, 0.6) is 11.5 Å². The molecule has 0 saturated heterocycles. The largest absolute Gasteiger partial charge is 0.493 e. The molecule has 0 aliphatic carbocycles. The van der Waals surface area contributed by atoms with Gasteiger partial charge in [0.05, 0.1) is 19.9 Å². The summed E-state index contributed by atoms with van der Waals surface area (Å²) < 4.78 is 36.6. The Morgan fingerprint density at radius 2 is 1.74 bits per heavy atom. The van der Waals surface area contributed by atoms with E-state index in [0.717, 1.165) is 16.5 Å².